The van der Waals surface area contributed by atoms with Crippen LogP contribution >= 0.6 is 34.7 Å². The largest absolute Gasteiger partial charge is 0.324 e. The molecule has 0 aliphatic heterocycles. The maximum atomic E-state index is 12.5. The molecule has 0 fully saturated rings. The number of thioether (sulfide) groups is 1. The van der Waals surface area contributed by atoms with Crippen molar-refractivity contribution in [3.05, 3.63) is 75.6 Å². The van der Waals surface area contributed by atoms with E-state index in [1.165, 1.54) is 30.0 Å². The van der Waals surface area contributed by atoms with Crippen LogP contribution in [0.3, 0.4) is 0 Å². The molecule has 32 heavy (non-hydrogen) atoms. The lowest BCUT2D eigenvalue weighted by Crippen LogP contribution is -2.15. The van der Waals surface area contributed by atoms with Gasteiger partial charge in [0.15, 0.2) is 11.0 Å². The Morgan fingerprint density at radius 3 is 2.91 bits per heavy atom. The van der Waals surface area contributed by atoms with E-state index in [-0.39, 0.29) is 28.1 Å². The maximum absolute atomic E-state index is 12.5. The van der Waals surface area contributed by atoms with Gasteiger partial charge < -0.3 is 5.32 Å². The van der Waals surface area contributed by atoms with E-state index in [4.69, 9.17) is 11.6 Å². The number of hydrogen-bond acceptors (Lipinski definition) is 7. The molecule has 0 spiro atoms. The number of aromatic nitrogens is 3. The van der Waals surface area contributed by atoms with Crippen LogP contribution in [0.4, 0.5) is 11.4 Å². The molecule has 11 heteroatoms. The van der Waals surface area contributed by atoms with Crippen molar-refractivity contribution in [2.75, 3.05) is 11.1 Å². The summed E-state index contributed by atoms with van der Waals surface area (Å²) in [5, 5.41) is 26.1. The van der Waals surface area contributed by atoms with E-state index in [9.17, 15) is 14.9 Å². The molecule has 0 aliphatic rings. The summed E-state index contributed by atoms with van der Waals surface area (Å²) in [4.78, 5) is 22.9. The minimum Gasteiger partial charge on any atom is -0.324 e. The third-order valence-corrected chi connectivity index (χ3v) is 6.78. The summed E-state index contributed by atoms with van der Waals surface area (Å²) < 4.78 is 3.05. The van der Waals surface area contributed by atoms with Gasteiger partial charge in [0.05, 0.1) is 21.4 Å². The number of benzene rings is 2. The minimum atomic E-state index is -0.547. The predicted molar refractivity (Wildman–Crippen MR) is 128 cm³/mol. The molecular formula is C21H16ClN5O3S2. The highest BCUT2D eigenvalue weighted by atomic mass is 35.5. The highest BCUT2D eigenvalue weighted by Gasteiger charge is 2.18. The van der Waals surface area contributed by atoms with Gasteiger partial charge in [-0.2, -0.15) is 0 Å². The van der Waals surface area contributed by atoms with Crippen LogP contribution in [0.5, 0.6) is 0 Å². The fourth-order valence-electron chi connectivity index (χ4n) is 3.08. The number of hydrogen-bond donors (Lipinski definition) is 1. The van der Waals surface area contributed by atoms with E-state index < -0.39 is 4.92 Å². The topological polar surface area (TPSA) is 103 Å². The fraction of sp³-hybridized carbons (Fsp3) is 0.0952. The SMILES string of the molecule is C=CCn1c(SCC(=O)Nc2cc([N+](=O)[O-])ccc2Cl)nnc1-c1csc2ccccc12. The zero-order valence-electron chi connectivity index (χ0n) is 16.5. The minimum absolute atomic E-state index is 0.0265. The Morgan fingerprint density at radius 2 is 2.12 bits per heavy atom. The highest BCUT2D eigenvalue weighted by molar-refractivity contribution is 7.99. The van der Waals surface area contributed by atoms with Gasteiger partial charge in [0.25, 0.3) is 5.69 Å². The Morgan fingerprint density at radius 1 is 1.31 bits per heavy atom. The maximum Gasteiger partial charge on any atom is 0.271 e. The molecule has 0 aliphatic carbocycles. The summed E-state index contributed by atoms with van der Waals surface area (Å²) in [6, 6.07) is 11.9. The number of allylic oxidation sites excluding steroid dienone is 1. The van der Waals surface area contributed by atoms with Crippen molar-refractivity contribution in [3.63, 3.8) is 0 Å². The number of nitrogens with one attached hydrogen (secondary N) is 1. The first kappa shape index (κ1) is 22.0. The number of thiophene rings is 1. The van der Waals surface area contributed by atoms with Crippen LogP contribution in [-0.2, 0) is 11.3 Å². The first-order chi connectivity index (χ1) is 15.5. The van der Waals surface area contributed by atoms with Crippen molar-refractivity contribution in [3.8, 4) is 11.4 Å². The predicted octanol–water partition coefficient (Wildman–Crippen LogP) is 5.64. The molecule has 2 aromatic heterocycles. The molecule has 4 aromatic rings. The Kier molecular flexibility index (Phi) is 6.54. The van der Waals surface area contributed by atoms with Crippen LogP contribution in [0.1, 0.15) is 0 Å². The molecule has 0 bridgehead atoms. The van der Waals surface area contributed by atoms with Gasteiger partial charge in [0.1, 0.15) is 0 Å². The molecule has 8 nitrogen and oxygen atoms in total. The smallest absolute Gasteiger partial charge is 0.271 e. The molecule has 0 saturated carbocycles. The van der Waals surface area contributed by atoms with Gasteiger partial charge in [0, 0.05) is 39.7 Å². The van der Waals surface area contributed by atoms with Crippen LogP contribution in [0.15, 0.2) is 65.7 Å². The van der Waals surface area contributed by atoms with E-state index in [1.54, 1.807) is 17.4 Å². The number of rotatable bonds is 8. The summed E-state index contributed by atoms with van der Waals surface area (Å²) in [6.45, 7) is 4.29. The first-order valence-corrected chi connectivity index (χ1v) is 11.6. The van der Waals surface area contributed by atoms with Gasteiger partial charge in [-0.1, -0.05) is 47.6 Å². The average Bonchev–Trinajstić information content (AvgIpc) is 3.38. The molecule has 1 N–H and O–H groups in total. The number of anilines is 1. The molecule has 0 atom stereocenters. The molecule has 1 amide bonds. The second-order valence-corrected chi connectivity index (χ2v) is 8.87. The van der Waals surface area contributed by atoms with Gasteiger partial charge in [-0.05, 0) is 12.1 Å². The summed E-state index contributed by atoms with van der Waals surface area (Å²) in [5.41, 5.74) is 1.000. The lowest BCUT2D eigenvalue weighted by atomic mass is 10.1. The normalized spacial score (nSPS) is 10.9. The summed E-state index contributed by atoms with van der Waals surface area (Å²) in [7, 11) is 0. The molecule has 2 heterocycles. The van der Waals surface area contributed by atoms with E-state index >= 15 is 0 Å². The number of nitrogens with zero attached hydrogens (tertiary/aromatic N) is 4. The molecular weight excluding hydrogens is 470 g/mol. The monoisotopic (exact) mass is 485 g/mol. The van der Waals surface area contributed by atoms with Crippen molar-refractivity contribution < 1.29 is 9.72 Å². The number of non-ortho nitro benzene ring substituents is 1. The quantitative estimate of drug-likeness (QED) is 0.150. The van der Waals surface area contributed by atoms with E-state index in [2.05, 4.69) is 28.2 Å². The summed E-state index contributed by atoms with van der Waals surface area (Å²) in [5.74, 6) is 0.360. The third-order valence-electron chi connectivity index (χ3n) is 4.52. The second-order valence-electron chi connectivity index (χ2n) is 6.61. The standard InChI is InChI=1S/C21H16ClN5O3S2/c1-2-9-26-20(15-11-31-18-6-4-3-5-14(15)18)24-25-21(26)32-12-19(28)23-17-10-13(27(29)30)7-8-16(17)22/h2-8,10-11H,1,9,12H2,(H,23,28). The number of halogens is 1. The summed E-state index contributed by atoms with van der Waals surface area (Å²) >= 11 is 8.90. The molecule has 4 rings (SSSR count). The first-order valence-electron chi connectivity index (χ1n) is 9.35. The van der Waals surface area contributed by atoms with Gasteiger partial charge in [-0.25, -0.2) is 0 Å². The second kappa shape index (κ2) is 9.51. The lowest BCUT2D eigenvalue weighted by Gasteiger charge is -2.09. The van der Waals surface area contributed by atoms with Crippen LogP contribution in [0, 0.1) is 10.1 Å². The van der Waals surface area contributed by atoms with Crippen molar-refractivity contribution in [2.45, 2.75) is 11.7 Å². The van der Waals surface area contributed by atoms with E-state index in [0.29, 0.717) is 17.5 Å². The van der Waals surface area contributed by atoms with Crippen molar-refractivity contribution in [1.29, 1.82) is 0 Å². The highest BCUT2D eigenvalue weighted by Crippen LogP contribution is 2.34. The average molecular weight is 486 g/mol. The molecule has 0 unspecified atom stereocenters. The van der Waals surface area contributed by atoms with E-state index in [1.807, 2.05) is 28.1 Å². The number of carbonyl (C=O) groups excluding carboxylic acids is 1. The number of nitro groups is 1. The lowest BCUT2D eigenvalue weighted by molar-refractivity contribution is -0.384. The van der Waals surface area contributed by atoms with Gasteiger partial charge in [-0.15, -0.1) is 28.1 Å². The van der Waals surface area contributed by atoms with Gasteiger partial charge >= 0.3 is 0 Å². The van der Waals surface area contributed by atoms with Crippen molar-refractivity contribution in [1.82, 2.24) is 14.8 Å². The number of amides is 1. The number of carbonyl (C=O) groups is 1. The third kappa shape index (κ3) is 4.52. The van der Waals surface area contributed by atoms with E-state index in [0.717, 1.165) is 15.6 Å². The Bertz CT molecular complexity index is 1330. The van der Waals surface area contributed by atoms with Crippen molar-refractivity contribution in [2.24, 2.45) is 0 Å². The van der Waals surface area contributed by atoms with Crippen LogP contribution in [0.25, 0.3) is 21.5 Å². The molecule has 0 saturated heterocycles. The van der Waals surface area contributed by atoms with Crippen molar-refractivity contribution >= 4 is 62.1 Å². The zero-order chi connectivity index (χ0) is 22.7. The number of fused-ring (bicyclic) bond motifs is 1. The van der Waals surface area contributed by atoms with Crippen LogP contribution < -0.4 is 5.32 Å². The number of nitro benzene ring substituents is 1. The van der Waals surface area contributed by atoms with Gasteiger partial charge in [0.2, 0.25) is 5.91 Å². The Balaban J connectivity index is 1.53. The Hall–Kier alpha value is -3.21. The molecule has 162 valence electrons. The summed E-state index contributed by atoms with van der Waals surface area (Å²) in [6.07, 6.45) is 1.74. The fourth-order valence-corrected chi connectivity index (χ4v) is 4.93. The Labute approximate surface area is 196 Å². The molecule has 0 radical (unpaired) electrons. The van der Waals surface area contributed by atoms with Gasteiger partial charge in [-0.3, -0.25) is 19.5 Å². The van der Waals surface area contributed by atoms with Crippen LogP contribution in [0.2, 0.25) is 5.02 Å². The molecule has 2 aromatic carbocycles. The van der Waals surface area contributed by atoms with Crippen LogP contribution in [-0.4, -0.2) is 31.3 Å². The zero-order valence-corrected chi connectivity index (χ0v) is 18.9.